The number of hydrogen-bond donors (Lipinski definition) is 0. The van der Waals surface area contributed by atoms with Gasteiger partial charge in [0.1, 0.15) is 22.7 Å². The van der Waals surface area contributed by atoms with E-state index in [4.69, 9.17) is 9.15 Å². The fourth-order valence-electron chi connectivity index (χ4n) is 8.43. The zero-order valence-corrected chi connectivity index (χ0v) is 28.5. The second-order valence-electron chi connectivity index (χ2n) is 13.8. The maximum Gasteiger partial charge on any atom is 0.257 e. The molecular formula is C47H31BN2O2. The van der Waals surface area contributed by atoms with E-state index in [1.165, 1.54) is 32.9 Å². The summed E-state index contributed by atoms with van der Waals surface area (Å²) in [6.45, 7) is 2.12. The van der Waals surface area contributed by atoms with E-state index in [0.717, 1.165) is 67.3 Å². The van der Waals surface area contributed by atoms with E-state index in [1.54, 1.807) is 0 Å². The monoisotopic (exact) mass is 666 g/mol. The summed E-state index contributed by atoms with van der Waals surface area (Å²) in [6, 6.07) is 60.6. The Morgan fingerprint density at radius 2 is 1.21 bits per heavy atom. The van der Waals surface area contributed by atoms with Crippen molar-refractivity contribution < 1.29 is 9.15 Å². The van der Waals surface area contributed by atoms with Gasteiger partial charge in [0.2, 0.25) is 0 Å². The number of hydrogen-bond acceptors (Lipinski definition) is 4. The van der Waals surface area contributed by atoms with Gasteiger partial charge in [-0.05, 0) is 107 Å². The second-order valence-corrected chi connectivity index (χ2v) is 13.8. The van der Waals surface area contributed by atoms with Crippen molar-refractivity contribution in [3.8, 4) is 11.5 Å². The third-order valence-corrected chi connectivity index (χ3v) is 10.8. The molecule has 0 unspecified atom stereocenters. The van der Waals surface area contributed by atoms with Crippen LogP contribution in [0.25, 0.3) is 32.7 Å². The number of ether oxygens (including phenoxy) is 1. The standard InChI is InChI=1S/C47H31BN2O2/c1-30-18-21-33(22-19-30)49(34-24-27-43-38(28-34)37-14-7-8-16-42(37)51-43)35-23-25-39-45(29-35)52-44-17-9-15-40-47(44)48(39)46-36-13-6-5-10-31(36)20-26-41(46)50(40)32-11-3-2-4-12-32/h2-29H,1H3. The molecule has 4 nitrogen and oxygen atoms in total. The topological polar surface area (TPSA) is 28.9 Å². The maximum absolute atomic E-state index is 6.96. The van der Waals surface area contributed by atoms with Crippen LogP contribution in [0.4, 0.5) is 34.1 Å². The highest BCUT2D eigenvalue weighted by Crippen LogP contribution is 2.44. The van der Waals surface area contributed by atoms with Gasteiger partial charge < -0.3 is 19.0 Å². The molecule has 0 atom stereocenters. The van der Waals surface area contributed by atoms with Crippen LogP contribution in [-0.4, -0.2) is 6.71 Å². The van der Waals surface area contributed by atoms with Gasteiger partial charge in [0, 0.05) is 51.0 Å². The fraction of sp³-hybridized carbons (Fsp3) is 0.0213. The fourth-order valence-corrected chi connectivity index (χ4v) is 8.43. The average molecular weight is 667 g/mol. The van der Waals surface area contributed by atoms with Crippen LogP contribution in [0.2, 0.25) is 0 Å². The number of benzene rings is 8. The van der Waals surface area contributed by atoms with Crippen molar-refractivity contribution in [1.29, 1.82) is 0 Å². The molecule has 52 heavy (non-hydrogen) atoms. The molecule has 1 aromatic heterocycles. The number of para-hydroxylation sites is 2. The van der Waals surface area contributed by atoms with Gasteiger partial charge in [-0.1, -0.05) is 96.6 Å². The third kappa shape index (κ3) is 4.29. The minimum Gasteiger partial charge on any atom is -0.458 e. The molecule has 11 rings (SSSR count). The van der Waals surface area contributed by atoms with Crippen molar-refractivity contribution in [2.45, 2.75) is 6.92 Å². The highest BCUT2D eigenvalue weighted by Gasteiger charge is 2.42. The minimum absolute atomic E-state index is 0.00784. The van der Waals surface area contributed by atoms with E-state index in [2.05, 4.69) is 174 Å². The van der Waals surface area contributed by atoms with E-state index in [9.17, 15) is 0 Å². The van der Waals surface area contributed by atoms with Gasteiger partial charge in [-0.25, -0.2) is 0 Å². The van der Waals surface area contributed by atoms with Crippen LogP contribution < -0.4 is 30.9 Å². The summed E-state index contributed by atoms with van der Waals surface area (Å²) in [7, 11) is 0. The SMILES string of the molecule is Cc1ccc(N(c2ccc3c(c2)Oc2cccc4c2B3c2c(ccc3ccccc23)N4c2ccccc2)c2ccc3oc4ccccc4c3c2)cc1. The van der Waals surface area contributed by atoms with Crippen LogP contribution in [0.3, 0.4) is 0 Å². The van der Waals surface area contributed by atoms with Crippen molar-refractivity contribution in [1.82, 2.24) is 0 Å². The molecule has 8 aromatic carbocycles. The molecule has 9 aromatic rings. The number of anilines is 6. The zero-order chi connectivity index (χ0) is 34.3. The van der Waals surface area contributed by atoms with Crippen LogP contribution in [0, 0.1) is 6.92 Å². The highest BCUT2D eigenvalue weighted by atomic mass is 16.5. The van der Waals surface area contributed by atoms with Gasteiger partial charge in [-0.3, -0.25) is 0 Å². The predicted molar refractivity (Wildman–Crippen MR) is 217 cm³/mol. The minimum atomic E-state index is -0.00784. The molecule has 0 amide bonds. The Labute approximate surface area is 301 Å². The van der Waals surface area contributed by atoms with Crippen molar-refractivity contribution in [2.75, 3.05) is 9.80 Å². The average Bonchev–Trinajstić information content (AvgIpc) is 3.57. The molecule has 0 N–H and O–H groups in total. The first-order valence-corrected chi connectivity index (χ1v) is 17.8. The van der Waals surface area contributed by atoms with Crippen LogP contribution in [0.1, 0.15) is 5.56 Å². The van der Waals surface area contributed by atoms with E-state index in [1.807, 2.05) is 12.1 Å². The lowest BCUT2D eigenvalue weighted by atomic mass is 9.33. The van der Waals surface area contributed by atoms with Gasteiger partial charge in [0.25, 0.3) is 6.71 Å². The molecule has 3 heterocycles. The summed E-state index contributed by atoms with van der Waals surface area (Å²) < 4.78 is 13.2. The number of furan rings is 1. The van der Waals surface area contributed by atoms with Crippen molar-refractivity contribution in [3.05, 3.63) is 175 Å². The first-order chi connectivity index (χ1) is 25.7. The highest BCUT2D eigenvalue weighted by molar-refractivity contribution is 7.00. The van der Waals surface area contributed by atoms with Crippen LogP contribution in [0.5, 0.6) is 11.5 Å². The van der Waals surface area contributed by atoms with Crippen molar-refractivity contribution >= 4 is 89.9 Å². The Kier molecular flexibility index (Phi) is 6.23. The largest absolute Gasteiger partial charge is 0.458 e. The van der Waals surface area contributed by atoms with Crippen LogP contribution >= 0.6 is 0 Å². The number of fused-ring (bicyclic) bond motifs is 9. The maximum atomic E-state index is 6.96. The van der Waals surface area contributed by atoms with Gasteiger partial charge in [0.15, 0.2) is 0 Å². The Bertz CT molecular complexity index is 2860. The Morgan fingerprint density at radius 1 is 0.500 bits per heavy atom. The molecule has 244 valence electrons. The Hall–Kier alpha value is -6.72. The van der Waals surface area contributed by atoms with E-state index in [0.29, 0.717) is 0 Å². The molecule has 2 aliphatic heterocycles. The van der Waals surface area contributed by atoms with Crippen molar-refractivity contribution in [3.63, 3.8) is 0 Å². The summed E-state index contributed by atoms with van der Waals surface area (Å²) in [5, 5.41) is 4.68. The van der Waals surface area contributed by atoms with E-state index < -0.39 is 0 Å². The van der Waals surface area contributed by atoms with Crippen LogP contribution in [-0.2, 0) is 0 Å². The summed E-state index contributed by atoms with van der Waals surface area (Å²) in [4.78, 5) is 4.71. The lowest BCUT2D eigenvalue weighted by molar-refractivity contribution is 0.487. The smallest absolute Gasteiger partial charge is 0.257 e. The number of nitrogens with zero attached hydrogens (tertiary/aromatic N) is 2. The molecule has 0 bridgehead atoms. The first kappa shape index (κ1) is 29.1. The first-order valence-electron chi connectivity index (χ1n) is 17.8. The van der Waals surface area contributed by atoms with E-state index in [-0.39, 0.29) is 6.71 Å². The molecule has 0 spiro atoms. The van der Waals surface area contributed by atoms with Gasteiger partial charge in [-0.2, -0.15) is 0 Å². The van der Waals surface area contributed by atoms with Gasteiger partial charge in [-0.15, -0.1) is 0 Å². The second kappa shape index (κ2) is 11.1. The lowest BCUT2D eigenvalue weighted by Gasteiger charge is -2.40. The van der Waals surface area contributed by atoms with Gasteiger partial charge >= 0.3 is 0 Å². The van der Waals surface area contributed by atoms with Crippen LogP contribution in [0.15, 0.2) is 174 Å². The molecule has 0 saturated carbocycles. The zero-order valence-electron chi connectivity index (χ0n) is 28.5. The predicted octanol–water partition coefficient (Wildman–Crippen LogP) is 10.9. The van der Waals surface area contributed by atoms with Crippen molar-refractivity contribution in [2.24, 2.45) is 0 Å². The normalized spacial score (nSPS) is 12.8. The molecule has 2 aliphatic rings. The summed E-state index contributed by atoms with van der Waals surface area (Å²) >= 11 is 0. The third-order valence-electron chi connectivity index (χ3n) is 10.8. The molecular weight excluding hydrogens is 635 g/mol. The lowest BCUT2D eigenvalue weighted by Crippen LogP contribution is -2.59. The molecule has 0 radical (unpaired) electrons. The molecule has 5 heteroatoms. The van der Waals surface area contributed by atoms with Gasteiger partial charge in [0.05, 0.1) is 0 Å². The Balaban J connectivity index is 1.13. The molecule has 0 saturated heterocycles. The Morgan fingerprint density at radius 3 is 2.10 bits per heavy atom. The summed E-state index contributed by atoms with van der Waals surface area (Å²) in [5.74, 6) is 1.76. The number of rotatable bonds is 4. The molecule has 0 fully saturated rings. The summed E-state index contributed by atoms with van der Waals surface area (Å²) in [6.07, 6.45) is 0. The molecule has 0 aliphatic carbocycles. The number of aryl methyl sites for hydroxylation is 1. The quantitative estimate of drug-likeness (QED) is 0.175. The van der Waals surface area contributed by atoms with E-state index >= 15 is 0 Å². The summed E-state index contributed by atoms with van der Waals surface area (Å²) in [5.41, 5.74) is 13.3.